The van der Waals surface area contributed by atoms with Gasteiger partial charge in [-0.2, -0.15) is 0 Å². The van der Waals surface area contributed by atoms with Crippen LogP contribution in [0.4, 0.5) is 0 Å². The number of carbonyl (C=O) groups excluding carboxylic acids is 1. The molecule has 1 aromatic carbocycles. The van der Waals surface area contributed by atoms with Gasteiger partial charge < -0.3 is 18.7 Å². The molecule has 4 heterocycles. The van der Waals surface area contributed by atoms with Gasteiger partial charge in [-0.15, -0.1) is 0 Å². The summed E-state index contributed by atoms with van der Waals surface area (Å²) in [5, 5.41) is 5.47. The summed E-state index contributed by atoms with van der Waals surface area (Å²) in [6.45, 7) is 6.16. The Hall–Kier alpha value is -2.67. The molecule has 2 aromatic heterocycles. The van der Waals surface area contributed by atoms with E-state index in [1.165, 1.54) is 0 Å². The van der Waals surface area contributed by atoms with Crippen molar-refractivity contribution in [2.24, 2.45) is 0 Å². The highest BCUT2D eigenvalue weighted by molar-refractivity contribution is 5.94. The molecule has 0 saturated carbocycles. The summed E-state index contributed by atoms with van der Waals surface area (Å²) in [7, 11) is 0. The van der Waals surface area contributed by atoms with Crippen LogP contribution in [0.25, 0.3) is 11.0 Å². The lowest BCUT2D eigenvalue weighted by atomic mass is 9.91. The highest BCUT2D eigenvalue weighted by atomic mass is 16.5. The number of benzene rings is 1. The number of oxazole rings is 1. The molecule has 7 heteroatoms. The summed E-state index contributed by atoms with van der Waals surface area (Å²) in [5.74, 6) is 1.75. The van der Waals surface area contributed by atoms with E-state index >= 15 is 0 Å². The number of amides is 1. The van der Waals surface area contributed by atoms with Gasteiger partial charge in [0.2, 0.25) is 0 Å². The van der Waals surface area contributed by atoms with Crippen LogP contribution in [0.1, 0.15) is 46.6 Å². The van der Waals surface area contributed by atoms with Crippen molar-refractivity contribution in [3.8, 4) is 0 Å². The lowest BCUT2D eigenvalue weighted by Gasteiger charge is -2.33. The zero-order valence-electron chi connectivity index (χ0n) is 16.1. The molecule has 0 atom stereocenters. The molecule has 28 heavy (non-hydrogen) atoms. The standard InChI is InChI=1S/C21H24N4O3/c1-14-22-20-18(27-14)8-11-25(21(20)26)13-12-24-9-6-15(7-10-24)19-16-4-2-3-5-17(16)28-23-19/h2-5,15H,6-13H2,1H3. The van der Waals surface area contributed by atoms with Crippen LogP contribution in [0.15, 0.2) is 33.2 Å². The fourth-order valence-electron chi connectivity index (χ4n) is 4.40. The molecular weight excluding hydrogens is 356 g/mol. The van der Waals surface area contributed by atoms with Crippen LogP contribution < -0.4 is 0 Å². The smallest absolute Gasteiger partial charge is 0.276 e. The third kappa shape index (κ3) is 3.09. The van der Waals surface area contributed by atoms with Gasteiger partial charge >= 0.3 is 0 Å². The topological polar surface area (TPSA) is 75.6 Å². The molecule has 3 aromatic rings. The number of hydrogen-bond acceptors (Lipinski definition) is 6. The van der Waals surface area contributed by atoms with Gasteiger partial charge in [0, 0.05) is 44.3 Å². The predicted molar refractivity (Wildman–Crippen MR) is 103 cm³/mol. The van der Waals surface area contributed by atoms with Crippen molar-refractivity contribution in [1.29, 1.82) is 0 Å². The minimum atomic E-state index is 0.00190. The van der Waals surface area contributed by atoms with Gasteiger partial charge in [0.1, 0.15) is 5.76 Å². The number of nitrogens with zero attached hydrogens (tertiary/aromatic N) is 4. The Morgan fingerprint density at radius 2 is 1.96 bits per heavy atom. The van der Waals surface area contributed by atoms with Crippen LogP contribution in [0.5, 0.6) is 0 Å². The number of likely N-dealkylation sites (tertiary alicyclic amines) is 1. The molecule has 5 rings (SSSR count). The second-order valence-electron chi connectivity index (χ2n) is 7.73. The van der Waals surface area contributed by atoms with Crippen molar-refractivity contribution >= 4 is 16.9 Å². The van der Waals surface area contributed by atoms with Crippen molar-refractivity contribution in [2.75, 3.05) is 32.7 Å². The van der Waals surface area contributed by atoms with Gasteiger partial charge in [-0.05, 0) is 38.1 Å². The second-order valence-corrected chi connectivity index (χ2v) is 7.73. The molecule has 7 nitrogen and oxygen atoms in total. The molecule has 0 unspecified atom stereocenters. The largest absolute Gasteiger partial charge is 0.445 e. The fourth-order valence-corrected chi connectivity index (χ4v) is 4.40. The second kappa shape index (κ2) is 7.05. The Morgan fingerprint density at radius 1 is 1.14 bits per heavy atom. The summed E-state index contributed by atoms with van der Waals surface area (Å²) >= 11 is 0. The molecular formula is C21H24N4O3. The quantitative estimate of drug-likeness (QED) is 0.693. The average molecular weight is 380 g/mol. The highest BCUT2D eigenvalue weighted by Gasteiger charge is 2.30. The van der Waals surface area contributed by atoms with Crippen LogP contribution >= 0.6 is 0 Å². The molecule has 2 aliphatic rings. The van der Waals surface area contributed by atoms with Gasteiger partial charge in [0.25, 0.3) is 5.91 Å². The first-order valence-corrected chi connectivity index (χ1v) is 10.0. The third-order valence-corrected chi connectivity index (χ3v) is 5.97. The monoisotopic (exact) mass is 380 g/mol. The molecule has 1 saturated heterocycles. The van der Waals surface area contributed by atoms with Crippen LogP contribution in [-0.4, -0.2) is 58.6 Å². The van der Waals surface area contributed by atoms with Crippen LogP contribution in [-0.2, 0) is 6.42 Å². The van der Waals surface area contributed by atoms with Gasteiger partial charge in [0.15, 0.2) is 17.2 Å². The molecule has 146 valence electrons. The lowest BCUT2D eigenvalue weighted by molar-refractivity contribution is 0.0698. The molecule has 0 spiro atoms. The number of rotatable bonds is 4. The van der Waals surface area contributed by atoms with Crippen LogP contribution in [0.3, 0.4) is 0 Å². The first kappa shape index (κ1) is 17.4. The lowest BCUT2D eigenvalue weighted by Crippen LogP contribution is -2.44. The van der Waals surface area contributed by atoms with E-state index in [-0.39, 0.29) is 5.91 Å². The van der Waals surface area contributed by atoms with E-state index in [0.717, 1.165) is 67.9 Å². The van der Waals surface area contributed by atoms with E-state index in [1.54, 1.807) is 6.92 Å². The summed E-state index contributed by atoms with van der Waals surface area (Å²) < 4.78 is 11.0. The zero-order valence-corrected chi connectivity index (χ0v) is 16.1. The molecule has 1 amide bonds. The molecule has 0 radical (unpaired) electrons. The summed E-state index contributed by atoms with van der Waals surface area (Å²) in [6, 6.07) is 8.08. The summed E-state index contributed by atoms with van der Waals surface area (Å²) in [6.07, 6.45) is 2.89. The van der Waals surface area contributed by atoms with Gasteiger partial charge in [-0.3, -0.25) is 4.79 Å². The van der Waals surface area contributed by atoms with E-state index in [2.05, 4.69) is 21.1 Å². The SMILES string of the molecule is Cc1nc2c(o1)CCN(CCN1CCC(c3noc4ccccc34)CC1)C2=O. The van der Waals surface area contributed by atoms with Gasteiger partial charge in [-0.25, -0.2) is 4.98 Å². The summed E-state index contributed by atoms with van der Waals surface area (Å²) in [5.41, 5.74) is 2.46. The van der Waals surface area contributed by atoms with E-state index in [0.29, 0.717) is 24.0 Å². The number of piperidine rings is 1. The van der Waals surface area contributed by atoms with Gasteiger partial charge in [-0.1, -0.05) is 17.3 Å². The first-order valence-electron chi connectivity index (χ1n) is 10.0. The Bertz CT molecular complexity index is 1000. The minimum absolute atomic E-state index is 0.00190. The summed E-state index contributed by atoms with van der Waals surface area (Å²) in [4.78, 5) is 21.2. The third-order valence-electron chi connectivity index (χ3n) is 5.97. The van der Waals surface area contributed by atoms with Crippen LogP contribution in [0.2, 0.25) is 0 Å². The molecule has 0 aliphatic carbocycles. The maximum atomic E-state index is 12.6. The van der Waals surface area contributed by atoms with Crippen molar-refractivity contribution in [1.82, 2.24) is 19.9 Å². The number of aromatic nitrogens is 2. The molecule has 0 bridgehead atoms. The molecule has 1 fully saturated rings. The van der Waals surface area contributed by atoms with Gasteiger partial charge in [0.05, 0.1) is 5.69 Å². The van der Waals surface area contributed by atoms with Crippen molar-refractivity contribution in [3.63, 3.8) is 0 Å². The van der Waals surface area contributed by atoms with E-state index in [9.17, 15) is 4.79 Å². The van der Waals surface area contributed by atoms with Crippen molar-refractivity contribution in [2.45, 2.75) is 32.1 Å². The molecule has 0 N–H and O–H groups in total. The zero-order chi connectivity index (χ0) is 19.1. The average Bonchev–Trinajstić information content (AvgIpc) is 3.31. The number of fused-ring (bicyclic) bond motifs is 2. The minimum Gasteiger partial charge on any atom is -0.445 e. The van der Waals surface area contributed by atoms with E-state index in [1.807, 2.05) is 23.1 Å². The number of aryl methyl sites for hydroxylation is 1. The highest BCUT2D eigenvalue weighted by Crippen LogP contribution is 2.32. The van der Waals surface area contributed by atoms with Crippen molar-refractivity contribution < 1.29 is 13.7 Å². The number of hydrogen-bond donors (Lipinski definition) is 0. The Kier molecular flexibility index (Phi) is 4.39. The Labute approximate surface area is 163 Å². The Morgan fingerprint density at radius 3 is 2.82 bits per heavy atom. The predicted octanol–water partition coefficient (Wildman–Crippen LogP) is 3.00. The fraction of sp³-hybridized carbons (Fsp3) is 0.476. The molecule has 2 aliphatic heterocycles. The van der Waals surface area contributed by atoms with E-state index < -0.39 is 0 Å². The normalized spacial score (nSPS) is 18.8. The maximum Gasteiger partial charge on any atom is 0.276 e. The number of carbonyl (C=O) groups is 1. The first-order chi connectivity index (χ1) is 13.7. The number of para-hydroxylation sites is 1. The Balaban J connectivity index is 1.17. The van der Waals surface area contributed by atoms with Crippen LogP contribution in [0, 0.1) is 6.92 Å². The van der Waals surface area contributed by atoms with E-state index in [4.69, 9.17) is 8.94 Å². The van der Waals surface area contributed by atoms with Crippen molar-refractivity contribution in [3.05, 3.63) is 47.3 Å². The maximum absolute atomic E-state index is 12.6.